The van der Waals surface area contributed by atoms with Crippen molar-refractivity contribution in [3.8, 4) is 0 Å². The Hall–Kier alpha value is -3.19. The number of rotatable bonds is 7. The Morgan fingerprint density at radius 1 is 1.03 bits per heavy atom. The first-order chi connectivity index (χ1) is 14.8. The predicted octanol–water partition coefficient (Wildman–Crippen LogP) is 4.10. The second kappa shape index (κ2) is 9.75. The van der Waals surface area contributed by atoms with Gasteiger partial charge < -0.3 is 4.74 Å². The molecule has 0 atom stereocenters. The zero-order chi connectivity index (χ0) is 22.5. The fourth-order valence-electron chi connectivity index (χ4n) is 3.05. The van der Waals surface area contributed by atoms with Crippen molar-refractivity contribution in [3.05, 3.63) is 92.4 Å². The first kappa shape index (κ1) is 22.5. The number of esters is 1. The predicted molar refractivity (Wildman–Crippen MR) is 121 cm³/mol. The molecule has 3 aromatic rings. The summed E-state index contributed by atoms with van der Waals surface area (Å²) < 4.78 is 6.61. The van der Waals surface area contributed by atoms with Crippen molar-refractivity contribution in [2.45, 2.75) is 31.7 Å². The Labute approximate surface area is 185 Å². The van der Waals surface area contributed by atoms with Crippen LogP contribution in [0.3, 0.4) is 0 Å². The van der Waals surface area contributed by atoms with E-state index >= 15 is 0 Å². The molecule has 160 valence electrons. The zero-order valence-electron chi connectivity index (χ0n) is 18.0. The average Bonchev–Trinajstić information content (AvgIpc) is 2.79. The highest BCUT2D eigenvalue weighted by Gasteiger charge is 2.19. The third-order valence-corrected chi connectivity index (χ3v) is 6.07. The number of benzene rings is 2. The standard InChI is InChI=1S/C24H24N2O4S/c1-5-30-23(29)20-9-7-6-8-19(20)21(27)18-12-10-17(11-13-18)14-31-24-25-16(3)15(2)22(28)26(24)4/h6-13H,5,14H2,1-4H3. The molecule has 0 bridgehead atoms. The van der Waals surface area contributed by atoms with Gasteiger partial charge in [0.25, 0.3) is 5.56 Å². The average molecular weight is 437 g/mol. The first-order valence-corrected chi connectivity index (χ1v) is 10.9. The summed E-state index contributed by atoms with van der Waals surface area (Å²) in [5.41, 5.74) is 3.39. The van der Waals surface area contributed by atoms with Gasteiger partial charge in [0.05, 0.1) is 12.2 Å². The Bertz CT molecular complexity index is 1180. The summed E-state index contributed by atoms with van der Waals surface area (Å²) in [6.07, 6.45) is 0. The van der Waals surface area contributed by atoms with E-state index in [-0.39, 0.29) is 23.5 Å². The molecule has 0 aliphatic rings. The Balaban J connectivity index is 1.77. The summed E-state index contributed by atoms with van der Waals surface area (Å²) in [6, 6.07) is 13.9. The number of ketones is 1. The molecule has 0 fully saturated rings. The van der Waals surface area contributed by atoms with Gasteiger partial charge in [-0.1, -0.05) is 54.2 Å². The fraction of sp³-hybridized carbons (Fsp3) is 0.250. The molecule has 0 aliphatic carbocycles. The number of carbonyl (C=O) groups excluding carboxylic acids is 2. The van der Waals surface area contributed by atoms with Gasteiger partial charge in [-0.15, -0.1) is 0 Å². The molecule has 7 heteroatoms. The second-order valence-corrected chi connectivity index (χ2v) is 7.99. The van der Waals surface area contributed by atoms with Crippen LogP contribution in [-0.4, -0.2) is 27.9 Å². The quantitative estimate of drug-likeness (QED) is 0.240. The van der Waals surface area contributed by atoms with E-state index < -0.39 is 5.97 Å². The Morgan fingerprint density at radius 2 is 1.68 bits per heavy atom. The van der Waals surface area contributed by atoms with Gasteiger partial charge in [-0.25, -0.2) is 9.78 Å². The molecule has 3 rings (SSSR count). The summed E-state index contributed by atoms with van der Waals surface area (Å²) in [5.74, 6) is -0.136. The minimum absolute atomic E-state index is 0.0452. The number of hydrogen-bond acceptors (Lipinski definition) is 6. The van der Waals surface area contributed by atoms with Crippen LogP contribution in [0, 0.1) is 13.8 Å². The van der Waals surface area contributed by atoms with Crippen molar-refractivity contribution in [2.75, 3.05) is 6.61 Å². The van der Waals surface area contributed by atoms with Crippen LogP contribution in [0.15, 0.2) is 58.5 Å². The summed E-state index contributed by atoms with van der Waals surface area (Å²) >= 11 is 1.47. The topological polar surface area (TPSA) is 78.3 Å². The van der Waals surface area contributed by atoms with Gasteiger partial charge in [-0.05, 0) is 32.4 Å². The molecule has 6 nitrogen and oxygen atoms in total. The largest absolute Gasteiger partial charge is 0.462 e. The molecular weight excluding hydrogens is 412 g/mol. The third kappa shape index (κ3) is 4.94. The van der Waals surface area contributed by atoms with Gasteiger partial charge in [0.1, 0.15) is 0 Å². The SMILES string of the molecule is CCOC(=O)c1ccccc1C(=O)c1ccc(CSc2nc(C)c(C)c(=O)n2C)cc1. The van der Waals surface area contributed by atoms with E-state index in [1.54, 1.807) is 61.9 Å². The van der Waals surface area contributed by atoms with E-state index in [0.717, 1.165) is 11.3 Å². The molecule has 0 aliphatic heterocycles. The lowest BCUT2D eigenvalue weighted by Crippen LogP contribution is -2.23. The van der Waals surface area contributed by atoms with E-state index in [1.165, 1.54) is 11.8 Å². The van der Waals surface area contributed by atoms with Gasteiger partial charge in [0, 0.05) is 35.2 Å². The molecule has 1 heterocycles. The first-order valence-electron chi connectivity index (χ1n) is 9.90. The van der Waals surface area contributed by atoms with E-state index in [1.807, 2.05) is 19.1 Å². The van der Waals surface area contributed by atoms with Crippen molar-refractivity contribution >= 4 is 23.5 Å². The number of ether oxygens (including phenoxy) is 1. The van der Waals surface area contributed by atoms with Crippen molar-refractivity contribution in [1.82, 2.24) is 9.55 Å². The van der Waals surface area contributed by atoms with E-state index in [4.69, 9.17) is 4.74 Å². The van der Waals surface area contributed by atoms with Crippen molar-refractivity contribution < 1.29 is 14.3 Å². The fourth-order valence-corrected chi connectivity index (χ4v) is 4.01. The van der Waals surface area contributed by atoms with Crippen molar-refractivity contribution in [1.29, 1.82) is 0 Å². The van der Waals surface area contributed by atoms with Gasteiger partial charge in [-0.2, -0.15) is 0 Å². The Kier molecular flexibility index (Phi) is 7.07. The molecule has 0 spiro atoms. The van der Waals surface area contributed by atoms with Crippen LogP contribution < -0.4 is 5.56 Å². The number of aryl methyl sites for hydroxylation is 1. The molecule has 31 heavy (non-hydrogen) atoms. The van der Waals surface area contributed by atoms with Crippen molar-refractivity contribution in [3.63, 3.8) is 0 Å². The van der Waals surface area contributed by atoms with Crippen LogP contribution >= 0.6 is 11.8 Å². The second-order valence-electron chi connectivity index (χ2n) is 7.05. The van der Waals surface area contributed by atoms with Crippen molar-refractivity contribution in [2.24, 2.45) is 7.05 Å². The van der Waals surface area contributed by atoms with Crippen LogP contribution in [0.5, 0.6) is 0 Å². The number of thioether (sulfide) groups is 1. The lowest BCUT2D eigenvalue weighted by Gasteiger charge is -2.10. The highest BCUT2D eigenvalue weighted by Crippen LogP contribution is 2.22. The maximum absolute atomic E-state index is 13.0. The van der Waals surface area contributed by atoms with Crippen LogP contribution in [0.1, 0.15) is 50.0 Å². The van der Waals surface area contributed by atoms with E-state index in [0.29, 0.717) is 27.6 Å². The molecule has 0 unspecified atom stereocenters. The van der Waals surface area contributed by atoms with Gasteiger partial charge in [0.2, 0.25) is 0 Å². The van der Waals surface area contributed by atoms with Crippen LogP contribution in [-0.2, 0) is 17.5 Å². The normalized spacial score (nSPS) is 10.7. The number of carbonyl (C=O) groups is 2. The molecule has 0 saturated carbocycles. The minimum Gasteiger partial charge on any atom is -0.462 e. The van der Waals surface area contributed by atoms with Crippen LogP contribution in [0.2, 0.25) is 0 Å². The van der Waals surface area contributed by atoms with E-state index in [2.05, 4.69) is 4.98 Å². The number of hydrogen-bond donors (Lipinski definition) is 0. The zero-order valence-corrected chi connectivity index (χ0v) is 18.8. The third-order valence-electron chi connectivity index (χ3n) is 4.97. The lowest BCUT2D eigenvalue weighted by atomic mass is 9.98. The maximum atomic E-state index is 13.0. The maximum Gasteiger partial charge on any atom is 0.338 e. The summed E-state index contributed by atoms with van der Waals surface area (Å²) in [5, 5.41) is 0.650. The number of aromatic nitrogens is 2. The smallest absolute Gasteiger partial charge is 0.338 e. The molecule has 0 N–H and O–H groups in total. The highest BCUT2D eigenvalue weighted by molar-refractivity contribution is 7.98. The highest BCUT2D eigenvalue weighted by atomic mass is 32.2. The molecule has 0 radical (unpaired) electrons. The minimum atomic E-state index is -0.508. The molecular formula is C24H24N2O4S. The van der Waals surface area contributed by atoms with Gasteiger partial charge >= 0.3 is 5.97 Å². The summed E-state index contributed by atoms with van der Waals surface area (Å²) in [4.78, 5) is 41.9. The van der Waals surface area contributed by atoms with Gasteiger partial charge in [0.15, 0.2) is 10.9 Å². The Morgan fingerprint density at radius 3 is 2.32 bits per heavy atom. The number of nitrogens with zero attached hydrogens (tertiary/aromatic N) is 2. The summed E-state index contributed by atoms with van der Waals surface area (Å²) in [7, 11) is 1.72. The molecule has 0 amide bonds. The van der Waals surface area contributed by atoms with Crippen LogP contribution in [0.25, 0.3) is 0 Å². The molecule has 2 aromatic carbocycles. The summed E-state index contributed by atoms with van der Waals surface area (Å²) in [6.45, 7) is 5.57. The van der Waals surface area contributed by atoms with E-state index in [9.17, 15) is 14.4 Å². The van der Waals surface area contributed by atoms with Gasteiger partial charge in [-0.3, -0.25) is 14.2 Å². The molecule has 1 aromatic heterocycles. The molecule has 0 saturated heterocycles. The lowest BCUT2D eigenvalue weighted by molar-refractivity contribution is 0.0523. The van der Waals surface area contributed by atoms with Crippen LogP contribution in [0.4, 0.5) is 0 Å². The monoisotopic (exact) mass is 436 g/mol.